The van der Waals surface area contributed by atoms with Gasteiger partial charge in [-0.3, -0.25) is 4.79 Å². The van der Waals surface area contributed by atoms with Crippen molar-refractivity contribution in [1.82, 2.24) is 0 Å². The van der Waals surface area contributed by atoms with E-state index < -0.39 is 11.4 Å². The molecule has 5 nitrogen and oxygen atoms in total. The number of nitrogens with two attached hydrogens (primary N) is 1. The van der Waals surface area contributed by atoms with Crippen LogP contribution in [0, 0.1) is 0 Å². The zero-order valence-corrected chi connectivity index (χ0v) is 8.55. The molecule has 0 saturated heterocycles. The lowest BCUT2D eigenvalue weighted by molar-refractivity contribution is -0.148. The number of aromatic hydroxyl groups is 2. The SMILES string of the molecule is NC1CC(C(=O)O)(c2ccc(O)c(O)c2)C1. The first-order valence-electron chi connectivity index (χ1n) is 4.97. The minimum Gasteiger partial charge on any atom is -0.504 e. The minimum atomic E-state index is -1.01. The van der Waals surface area contributed by atoms with Crippen molar-refractivity contribution in [3.05, 3.63) is 23.8 Å². The summed E-state index contributed by atoms with van der Waals surface area (Å²) in [6.07, 6.45) is 0.707. The molecule has 0 amide bonds. The molecule has 5 heteroatoms. The summed E-state index contributed by atoms with van der Waals surface area (Å²) >= 11 is 0. The molecule has 0 spiro atoms. The van der Waals surface area contributed by atoms with Gasteiger partial charge in [0, 0.05) is 6.04 Å². The summed E-state index contributed by atoms with van der Waals surface area (Å²) in [5, 5.41) is 27.7. The fraction of sp³-hybridized carbons (Fsp3) is 0.364. The fourth-order valence-electron chi connectivity index (χ4n) is 2.19. The maximum Gasteiger partial charge on any atom is 0.314 e. The maximum absolute atomic E-state index is 11.2. The normalized spacial score (nSPS) is 28.4. The Bertz CT molecular complexity index is 438. The first-order valence-corrected chi connectivity index (χ1v) is 4.97. The molecule has 0 heterocycles. The van der Waals surface area contributed by atoms with Gasteiger partial charge in [0.05, 0.1) is 5.41 Å². The number of aliphatic carboxylic acids is 1. The van der Waals surface area contributed by atoms with Crippen LogP contribution in [0.25, 0.3) is 0 Å². The Hall–Kier alpha value is -1.75. The van der Waals surface area contributed by atoms with E-state index in [2.05, 4.69) is 0 Å². The van der Waals surface area contributed by atoms with E-state index >= 15 is 0 Å². The first kappa shape index (κ1) is 10.8. The molecule has 1 aromatic rings. The van der Waals surface area contributed by atoms with Crippen molar-refractivity contribution in [2.24, 2.45) is 5.73 Å². The number of carboxylic acid groups (broad SMARTS) is 1. The summed E-state index contributed by atoms with van der Waals surface area (Å²) in [5.41, 5.74) is 5.10. The average Bonchev–Trinajstić information content (AvgIpc) is 2.17. The van der Waals surface area contributed by atoms with Crippen LogP contribution in [0.1, 0.15) is 18.4 Å². The Labute approximate surface area is 92.1 Å². The Kier molecular flexibility index (Phi) is 2.27. The summed E-state index contributed by atoms with van der Waals surface area (Å²) in [5.74, 6) is -1.51. The van der Waals surface area contributed by atoms with Crippen LogP contribution in [0.15, 0.2) is 18.2 Å². The molecule has 0 unspecified atom stereocenters. The largest absolute Gasteiger partial charge is 0.504 e. The maximum atomic E-state index is 11.2. The van der Waals surface area contributed by atoms with Gasteiger partial charge in [0.1, 0.15) is 0 Å². The Morgan fingerprint density at radius 3 is 2.38 bits per heavy atom. The van der Waals surface area contributed by atoms with Crippen molar-refractivity contribution >= 4 is 5.97 Å². The standard InChI is InChI=1S/C11H13NO4/c12-7-4-11(5-7,10(15)16)6-1-2-8(13)9(14)3-6/h1-3,7,13-14H,4-5,12H2,(H,15,16). The van der Waals surface area contributed by atoms with E-state index in [4.69, 9.17) is 10.8 Å². The Morgan fingerprint density at radius 2 is 1.94 bits per heavy atom. The molecule has 0 bridgehead atoms. The highest BCUT2D eigenvalue weighted by atomic mass is 16.4. The molecule has 1 saturated carbocycles. The molecule has 1 fully saturated rings. The van der Waals surface area contributed by atoms with E-state index in [0.717, 1.165) is 0 Å². The van der Waals surface area contributed by atoms with Crippen molar-refractivity contribution in [2.75, 3.05) is 0 Å². The summed E-state index contributed by atoms with van der Waals surface area (Å²) < 4.78 is 0. The highest BCUT2D eigenvalue weighted by Gasteiger charge is 2.50. The van der Waals surface area contributed by atoms with Crippen molar-refractivity contribution < 1.29 is 20.1 Å². The van der Waals surface area contributed by atoms with Crippen LogP contribution in [0.4, 0.5) is 0 Å². The van der Waals surface area contributed by atoms with Crippen LogP contribution in [-0.2, 0) is 10.2 Å². The third-order valence-electron chi connectivity index (χ3n) is 3.16. The molecule has 1 aliphatic rings. The Balaban J connectivity index is 2.41. The van der Waals surface area contributed by atoms with E-state index in [1.165, 1.54) is 18.2 Å². The monoisotopic (exact) mass is 223 g/mol. The van der Waals surface area contributed by atoms with Crippen LogP contribution in [0.3, 0.4) is 0 Å². The summed E-state index contributed by atoms with van der Waals surface area (Å²) in [6.45, 7) is 0. The third-order valence-corrected chi connectivity index (χ3v) is 3.16. The second-order valence-electron chi connectivity index (χ2n) is 4.26. The van der Waals surface area contributed by atoms with Crippen molar-refractivity contribution in [1.29, 1.82) is 0 Å². The van der Waals surface area contributed by atoms with Crippen LogP contribution in [0.2, 0.25) is 0 Å². The number of hydrogen-bond acceptors (Lipinski definition) is 4. The number of phenolic OH excluding ortho intramolecular Hbond substituents is 2. The third kappa shape index (κ3) is 1.40. The van der Waals surface area contributed by atoms with Gasteiger partial charge in [-0.05, 0) is 30.5 Å². The molecule has 1 aromatic carbocycles. The molecule has 0 radical (unpaired) electrons. The lowest BCUT2D eigenvalue weighted by Crippen LogP contribution is -2.54. The van der Waals surface area contributed by atoms with Crippen molar-refractivity contribution in [3.63, 3.8) is 0 Å². The molecule has 0 atom stereocenters. The van der Waals surface area contributed by atoms with Crippen LogP contribution in [-0.4, -0.2) is 27.3 Å². The van der Waals surface area contributed by atoms with E-state index in [1.807, 2.05) is 0 Å². The predicted molar refractivity (Wildman–Crippen MR) is 56.3 cm³/mol. The van der Waals surface area contributed by atoms with Gasteiger partial charge in [-0.2, -0.15) is 0 Å². The van der Waals surface area contributed by atoms with Gasteiger partial charge in [0.15, 0.2) is 11.5 Å². The second kappa shape index (κ2) is 3.38. The van der Waals surface area contributed by atoms with Crippen LogP contribution in [0.5, 0.6) is 11.5 Å². The second-order valence-corrected chi connectivity index (χ2v) is 4.26. The van der Waals surface area contributed by atoms with Gasteiger partial charge < -0.3 is 21.1 Å². The molecular formula is C11H13NO4. The molecule has 0 aliphatic heterocycles. The summed E-state index contributed by atoms with van der Waals surface area (Å²) in [7, 11) is 0. The van der Waals surface area contributed by atoms with Gasteiger partial charge >= 0.3 is 5.97 Å². The summed E-state index contributed by atoms with van der Waals surface area (Å²) in [6, 6.07) is 3.97. The zero-order chi connectivity index (χ0) is 11.9. The van der Waals surface area contributed by atoms with E-state index in [9.17, 15) is 15.0 Å². The first-order chi connectivity index (χ1) is 7.45. The quantitative estimate of drug-likeness (QED) is 0.548. The zero-order valence-electron chi connectivity index (χ0n) is 8.55. The number of benzene rings is 1. The molecule has 1 aliphatic carbocycles. The van der Waals surface area contributed by atoms with Crippen molar-refractivity contribution in [3.8, 4) is 11.5 Å². The van der Waals surface area contributed by atoms with E-state index in [0.29, 0.717) is 18.4 Å². The molecule has 16 heavy (non-hydrogen) atoms. The molecule has 5 N–H and O–H groups in total. The van der Waals surface area contributed by atoms with Gasteiger partial charge in [0.25, 0.3) is 0 Å². The molecule has 86 valence electrons. The van der Waals surface area contributed by atoms with Gasteiger partial charge in [0.2, 0.25) is 0 Å². The molecule has 0 aromatic heterocycles. The van der Waals surface area contributed by atoms with Crippen LogP contribution >= 0.6 is 0 Å². The lowest BCUT2D eigenvalue weighted by atomic mass is 9.62. The van der Waals surface area contributed by atoms with Crippen molar-refractivity contribution in [2.45, 2.75) is 24.3 Å². The molecule has 2 rings (SSSR count). The number of hydrogen-bond donors (Lipinski definition) is 4. The predicted octanol–water partition coefficient (Wildman–Crippen LogP) is 0.541. The summed E-state index contributed by atoms with van der Waals surface area (Å²) in [4.78, 5) is 11.2. The van der Waals surface area contributed by atoms with E-state index in [-0.39, 0.29) is 17.5 Å². The number of phenols is 2. The molecular weight excluding hydrogens is 210 g/mol. The number of rotatable bonds is 2. The van der Waals surface area contributed by atoms with Gasteiger partial charge in [-0.25, -0.2) is 0 Å². The number of carbonyl (C=O) groups is 1. The highest BCUT2D eigenvalue weighted by molar-refractivity contribution is 5.83. The lowest BCUT2D eigenvalue weighted by Gasteiger charge is -2.43. The van der Waals surface area contributed by atoms with E-state index in [1.54, 1.807) is 0 Å². The van der Waals surface area contributed by atoms with Gasteiger partial charge in [-0.1, -0.05) is 6.07 Å². The van der Waals surface area contributed by atoms with Crippen LogP contribution < -0.4 is 5.73 Å². The highest BCUT2D eigenvalue weighted by Crippen LogP contribution is 2.45. The fourth-order valence-corrected chi connectivity index (χ4v) is 2.19. The Morgan fingerprint density at radius 1 is 1.31 bits per heavy atom. The number of carboxylic acids is 1. The minimum absolute atomic E-state index is 0.118. The average molecular weight is 223 g/mol. The smallest absolute Gasteiger partial charge is 0.314 e. The van der Waals surface area contributed by atoms with Gasteiger partial charge in [-0.15, -0.1) is 0 Å². The topological polar surface area (TPSA) is 104 Å².